The Morgan fingerprint density at radius 2 is 1.89 bits per heavy atom. The van der Waals surface area contributed by atoms with Crippen LogP contribution < -0.4 is 0 Å². The molecule has 0 aromatic carbocycles. The minimum atomic E-state index is 0.709. The molecule has 0 nitrogen and oxygen atoms in total. The van der Waals surface area contributed by atoms with Crippen LogP contribution in [0.2, 0.25) is 0 Å². The van der Waals surface area contributed by atoms with Crippen LogP contribution in [-0.2, 0) is 0 Å². The minimum Gasteiger partial charge on any atom is -0.0895 e. The van der Waals surface area contributed by atoms with Crippen molar-refractivity contribution >= 4 is 11.6 Å². The average Bonchev–Trinajstić information content (AvgIpc) is 2.30. The number of halogens is 1. The molecule has 0 aromatic rings. The van der Waals surface area contributed by atoms with Crippen molar-refractivity contribution < 1.29 is 0 Å². The van der Waals surface area contributed by atoms with E-state index < -0.39 is 0 Å². The van der Waals surface area contributed by atoms with E-state index in [0.717, 1.165) is 16.9 Å². The first-order chi connectivity index (χ1) is 4.30. The van der Waals surface area contributed by atoms with Gasteiger partial charge in [-0.15, -0.1) is 0 Å². The van der Waals surface area contributed by atoms with E-state index in [1.165, 1.54) is 19.3 Å². The van der Waals surface area contributed by atoms with Crippen molar-refractivity contribution in [2.24, 2.45) is 17.8 Å². The Morgan fingerprint density at radius 3 is 2.22 bits per heavy atom. The zero-order valence-corrected chi connectivity index (χ0v) is 6.19. The number of allylic oxidation sites excluding steroid dienone is 1. The summed E-state index contributed by atoms with van der Waals surface area (Å²) in [7, 11) is 0. The Hall–Kier alpha value is 0.0300. The Balaban J connectivity index is 2.02. The highest BCUT2D eigenvalue weighted by Crippen LogP contribution is 2.60. The molecule has 2 rings (SSSR count). The molecule has 0 amide bonds. The predicted octanol–water partition coefficient (Wildman–Crippen LogP) is 2.79. The third kappa shape index (κ3) is 0.728. The van der Waals surface area contributed by atoms with Crippen molar-refractivity contribution in [3.8, 4) is 0 Å². The number of fused-ring (bicyclic) bond motifs is 1. The van der Waals surface area contributed by atoms with Crippen molar-refractivity contribution in [3.63, 3.8) is 0 Å². The van der Waals surface area contributed by atoms with Crippen molar-refractivity contribution in [1.82, 2.24) is 0 Å². The van der Waals surface area contributed by atoms with Gasteiger partial charge in [-0.1, -0.05) is 24.6 Å². The first kappa shape index (κ1) is 5.79. The Kier molecular flexibility index (Phi) is 1.13. The average molecular weight is 143 g/mol. The summed E-state index contributed by atoms with van der Waals surface area (Å²) in [6.07, 6.45) is 4.23. The fourth-order valence-electron chi connectivity index (χ4n) is 2.29. The quantitative estimate of drug-likeness (QED) is 0.528. The maximum atomic E-state index is 5.78. The standard InChI is InChI=1S/C8H11Cl/c1-5(9)8-6-3-2-4-7(6)8/h6-8H,1-4H2/t6-,7+,8?. The summed E-state index contributed by atoms with van der Waals surface area (Å²) in [6, 6.07) is 0. The molecule has 1 heteroatoms. The van der Waals surface area contributed by atoms with Gasteiger partial charge in [0.25, 0.3) is 0 Å². The van der Waals surface area contributed by atoms with Crippen LogP contribution in [0.5, 0.6) is 0 Å². The van der Waals surface area contributed by atoms with Gasteiger partial charge in [0.1, 0.15) is 0 Å². The molecule has 0 radical (unpaired) electrons. The molecule has 0 aliphatic heterocycles. The molecule has 3 atom stereocenters. The predicted molar refractivity (Wildman–Crippen MR) is 39.3 cm³/mol. The maximum absolute atomic E-state index is 5.78. The van der Waals surface area contributed by atoms with Gasteiger partial charge in [0, 0.05) is 11.0 Å². The molecule has 0 spiro atoms. The second kappa shape index (κ2) is 1.76. The van der Waals surface area contributed by atoms with Gasteiger partial charge in [-0.25, -0.2) is 0 Å². The van der Waals surface area contributed by atoms with Gasteiger partial charge in [0.05, 0.1) is 0 Å². The molecule has 2 saturated carbocycles. The third-order valence-electron chi connectivity index (χ3n) is 2.77. The number of hydrogen-bond acceptors (Lipinski definition) is 0. The second-order valence-corrected chi connectivity index (χ2v) is 3.72. The van der Waals surface area contributed by atoms with Crippen molar-refractivity contribution in [2.75, 3.05) is 0 Å². The van der Waals surface area contributed by atoms with E-state index in [0.29, 0.717) is 5.92 Å². The van der Waals surface area contributed by atoms with Crippen LogP contribution in [-0.4, -0.2) is 0 Å². The van der Waals surface area contributed by atoms with Crippen LogP contribution in [0.1, 0.15) is 19.3 Å². The van der Waals surface area contributed by atoms with Gasteiger partial charge >= 0.3 is 0 Å². The van der Waals surface area contributed by atoms with Crippen LogP contribution >= 0.6 is 11.6 Å². The van der Waals surface area contributed by atoms with Crippen LogP contribution in [0.25, 0.3) is 0 Å². The van der Waals surface area contributed by atoms with Crippen molar-refractivity contribution in [2.45, 2.75) is 19.3 Å². The summed E-state index contributed by atoms with van der Waals surface area (Å²) >= 11 is 5.78. The summed E-state index contributed by atoms with van der Waals surface area (Å²) in [6.45, 7) is 3.77. The van der Waals surface area contributed by atoms with E-state index in [2.05, 4.69) is 6.58 Å². The molecular weight excluding hydrogens is 132 g/mol. The van der Waals surface area contributed by atoms with Crippen molar-refractivity contribution in [1.29, 1.82) is 0 Å². The van der Waals surface area contributed by atoms with Gasteiger partial charge < -0.3 is 0 Å². The fourth-order valence-corrected chi connectivity index (χ4v) is 2.61. The van der Waals surface area contributed by atoms with E-state index in [9.17, 15) is 0 Å². The monoisotopic (exact) mass is 142 g/mol. The van der Waals surface area contributed by atoms with E-state index >= 15 is 0 Å². The van der Waals surface area contributed by atoms with E-state index in [1.54, 1.807) is 0 Å². The number of rotatable bonds is 1. The topological polar surface area (TPSA) is 0 Å². The van der Waals surface area contributed by atoms with Crippen LogP contribution in [0.15, 0.2) is 11.6 Å². The second-order valence-electron chi connectivity index (χ2n) is 3.23. The van der Waals surface area contributed by atoms with Gasteiger partial charge in [0.2, 0.25) is 0 Å². The molecule has 2 aliphatic rings. The smallest absolute Gasteiger partial charge is 0.0145 e. The molecule has 0 heterocycles. The first-order valence-electron chi connectivity index (χ1n) is 3.65. The zero-order chi connectivity index (χ0) is 6.43. The highest BCUT2D eigenvalue weighted by atomic mass is 35.5. The SMILES string of the molecule is C=C(Cl)C1[C@H]2CCC[C@@H]12. The normalized spacial score (nSPS) is 46.6. The summed E-state index contributed by atoms with van der Waals surface area (Å²) in [5, 5.41) is 0.907. The first-order valence-corrected chi connectivity index (χ1v) is 4.03. The maximum Gasteiger partial charge on any atom is 0.0145 e. The van der Waals surface area contributed by atoms with Crippen LogP contribution in [0.4, 0.5) is 0 Å². The molecule has 9 heavy (non-hydrogen) atoms. The zero-order valence-electron chi connectivity index (χ0n) is 5.44. The van der Waals surface area contributed by atoms with Crippen LogP contribution in [0, 0.1) is 17.8 Å². The largest absolute Gasteiger partial charge is 0.0895 e. The summed E-state index contributed by atoms with van der Waals surface area (Å²) in [5.74, 6) is 2.59. The molecule has 50 valence electrons. The van der Waals surface area contributed by atoms with Gasteiger partial charge in [-0.2, -0.15) is 0 Å². The molecule has 1 unspecified atom stereocenters. The van der Waals surface area contributed by atoms with Crippen molar-refractivity contribution in [3.05, 3.63) is 11.6 Å². The Bertz CT molecular complexity index is 141. The van der Waals surface area contributed by atoms with E-state index in [-0.39, 0.29) is 0 Å². The molecule has 2 fully saturated rings. The molecule has 0 bridgehead atoms. The van der Waals surface area contributed by atoms with Gasteiger partial charge in [0.15, 0.2) is 0 Å². The molecular formula is C8H11Cl. The lowest BCUT2D eigenvalue weighted by molar-refractivity contribution is 0.660. The molecule has 0 N–H and O–H groups in total. The Morgan fingerprint density at radius 1 is 1.33 bits per heavy atom. The van der Waals surface area contributed by atoms with E-state index in [4.69, 9.17) is 11.6 Å². The highest BCUT2D eigenvalue weighted by molar-refractivity contribution is 6.29. The summed E-state index contributed by atoms with van der Waals surface area (Å²) < 4.78 is 0. The highest BCUT2D eigenvalue weighted by Gasteiger charge is 2.53. The lowest BCUT2D eigenvalue weighted by Crippen LogP contribution is -1.84. The lowest BCUT2D eigenvalue weighted by Gasteiger charge is -1.96. The molecule has 0 aromatic heterocycles. The van der Waals surface area contributed by atoms with Gasteiger partial charge in [-0.3, -0.25) is 0 Å². The minimum absolute atomic E-state index is 0.709. The summed E-state index contributed by atoms with van der Waals surface area (Å²) in [5.41, 5.74) is 0. The van der Waals surface area contributed by atoms with E-state index in [1.807, 2.05) is 0 Å². The summed E-state index contributed by atoms with van der Waals surface area (Å²) in [4.78, 5) is 0. The fraction of sp³-hybridized carbons (Fsp3) is 0.750. The third-order valence-corrected chi connectivity index (χ3v) is 3.02. The molecule has 0 saturated heterocycles. The molecule has 2 aliphatic carbocycles. The Labute approximate surface area is 60.9 Å². The number of hydrogen-bond donors (Lipinski definition) is 0. The lowest BCUT2D eigenvalue weighted by atomic mass is 10.1. The van der Waals surface area contributed by atoms with Gasteiger partial charge in [-0.05, 0) is 24.7 Å². The van der Waals surface area contributed by atoms with Crippen LogP contribution in [0.3, 0.4) is 0 Å².